The molecular weight excluding hydrogens is 216 g/mol. The van der Waals surface area contributed by atoms with Crippen molar-refractivity contribution in [1.82, 2.24) is 4.90 Å². The first kappa shape index (κ1) is 12.7. The molecule has 1 heterocycles. The highest BCUT2D eigenvalue weighted by Gasteiger charge is 2.38. The van der Waals surface area contributed by atoms with E-state index in [1.807, 2.05) is 25.7 Å². The van der Waals surface area contributed by atoms with E-state index < -0.39 is 5.60 Å². The highest BCUT2D eigenvalue weighted by atomic mass is 35.5. The molecule has 0 radical (unpaired) electrons. The molecule has 5 heteroatoms. The average molecular weight is 235 g/mol. The van der Waals surface area contributed by atoms with Gasteiger partial charge in [-0.1, -0.05) is 0 Å². The summed E-state index contributed by atoms with van der Waals surface area (Å²) >= 11 is 6.08. The number of hydrogen-bond acceptors (Lipinski definition) is 4. The van der Waals surface area contributed by atoms with Gasteiger partial charge in [0.25, 0.3) is 0 Å². The number of carbonyl (C=O) groups excluding carboxylic acids is 1. The summed E-state index contributed by atoms with van der Waals surface area (Å²) in [4.78, 5) is 13.7. The van der Waals surface area contributed by atoms with Gasteiger partial charge in [0, 0.05) is 19.8 Å². The molecule has 0 saturated carbocycles. The van der Waals surface area contributed by atoms with Crippen LogP contribution in [0.2, 0.25) is 0 Å². The smallest absolute Gasteiger partial charge is 0.312 e. The fraction of sp³-hybridized carbons (Fsp3) is 0.900. The van der Waals surface area contributed by atoms with Crippen molar-refractivity contribution in [2.45, 2.75) is 31.7 Å². The molecule has 0 aliphatic carbocycles. The van der Waals surface area contributed by atoms with E-state index in [9.17, 15) is 4.79 Å². The van der Waals surface area contributed by atoms with E-state index in [4.69, 9.17) is 22.1 Å². The van der Waals surface area contributed by atoms with Crippen molar-refractivity contribution < 1.29 is 9.53 Å². The Labute approximate surface area is 95.7 Å². The molecule has 2 N–H and O–H groups in total. The van der Waals surface area contributed by atoms with Crippen LogP contribution in [0.3, 0.4) is 0 Å². The van der Waals surface area contributed by atoms with Gasteiger partial charge < -0.3 is 10.5 Å². The molecule has 1 fully saturated rings. The van der Waals surface area contributed by atoms with E-state index in [2.05, 4.69) is 0 Å². The van der Waals surface area contributed by atoms with E-state index in [1.165, 1.54) is 0 Å². The lowest BCUT2D eigenvalue weighted by Gasteiger charge is -2.22. The van der Waals surface area contributed by atoms with Crippen molar-refractivity contribution in [2.24, 2.45) is 11.7 Å². The molecule has 2 unspecified atom stereocenters. The number of esters is 1. The Bertz CT molecular complexity index is 240. The summed E-state index contributed by atoms with van der Waals surface area (Å²) in [6.45, 7) is 7.24. The van der Waals surface area contributed by atoms with Gasteiger partial charge in [0.15, 0.2) is 0 Å². The minimum atomic E-state index is -0.455. The molecule has 1 aliphatic rings. The third kappa shape index (κ3) is 3.63. The van der Waals surface area contributed by atoms with Crippen molar-refractivity contribution >= 4 is 17.6 Å². The minimum Gasteiger partial charge on any atom is -0.460 e. The Balaban J connectivity index is 2.54. The lowest BCUT2D eigenvalue weighted by Crippen LogP contribution is -2.33. The SMILES string of the molecule is CC(C)(C)OC(=O)C1CN(CN)CC1Cl. The number of ether oxygens (including phenoxy) is 1. The lowest BCUT2D eigenvalue weighted by molar-refractivity contribution is -0.159. The Morgan fingerprint density at radius 3 is 2.53 bits per heavy atom. The Kier molecular flexibility index (Phi) is 3.98. The number of rotatable bonds is 2. The van der Waals surface area contributed by atoms with Crippen molar-refractivity contribution in [1.29, 1.82) is 0 Å². The third-order valence-corrected chi connectivity index (χ3v) is 2.73. The van der Waals surface area contributed by atoms with Gasteiger partial charge in [0.2, 0.25) is 0 Å². The lowest BCUT2D eigenvalue weighted by atomic mass is 10.1. The van der Waals surface area contributed by atoms with Crippen LogP contribution in [0.25, 0.3) is 0 Å². The first-order valence-corrected chi connectivity index (χ1v) is 5.56. The molecule has 0 bridgehead atoms. The molecule has 1 rings (SSSR count). The molecule has 1 saturated heterocycles. The molecule has 4 nitrogen and oxygen atoms in total. The molecular formula is C10H19ClN2O2. The normalized spacial score (nSPS) is 28.1. The molecule has 88 valence electrons. The van der Waals surface area contributed by atoms with Crippen molar-refractivity contribution in [3.8, 4) is 0 Å². The second-order valence-corrected chi connectivity index (χ2v) is 5.44. The van der Waals surface area contributed by atoms with Crippen LogP contribution in [0.4, 0.5) is 0 Å². The van der Waals surface area contributed by atoms with Gasteiger partial charge in [-0.15, -0.1) is 11.6 Å². The fourth-order valence-electron chi connectivity index (χ4n) is 1.59. The van der Waals surface area contributed by atoms with Crippen LogP contribution in [0.15, 0.2) is 0 Å². The number of nitrogens with zero attached hydrogens (tertiary/aromatic N) is 1. The van der Waals surface area contributed by atoms with E-state index in [0.29, 0.717) is 19.8 Å². The Hall–Kier alpha value is -0.320. The number of carbonyl (C=O) groups is 1. The van der Waals surface area contributed by atoms with Crippen LogP contribution < -0.4 is 5.73 Å². The van der Waals surface area contributed by atoms with Crippen LogP contribution in [-0.4, -0.2) is 41.6 Å². The number of alkyl halides is 1. The monoisotopic (exact) mass is 234 g/mol. The van der Waals surface area contributed by atoms with E-state index >= 15 is 0 Å². The zero-order chi connectivity index (χ0) is 11.6. The van der Waals surface area contributed by atoms with Gasteiger partial charge in [-0.05, 0) is 20.8 Å². The third-order valence-electron chi connectivity index (χ3n) is 2.29. The average Bonchev–Trinajstić information content (AvgIpc) is 2.43. The van der Waals surface area contributed by atoms with Crippen molar-refractivity contribution in [3.05, 3.63) is 0 Å². The summed E-state index contributed by atoms with van der Waals surface area (Å²) in [5.74, 6) is -0.479. The van der Waals surface area contributed by atoms with E-state index in [1.54, 1.807) is 0 Å². The van der Waals surface area contributed by atoms with Crippen LogP contribution >= 0.6 is 11.6 Å². The molecule has 0 spiro atoms. The van der Waals surface area contributed by atoms with Crippen LogP contribution in [0.1, 0.15) is 20.8 Å². The molecule has 0 aromatic carbocycles. The fourth-order valence-corrected chi connectivity index (χ4v) is 1.97. The van der Waals surface area contributed by atoms with Crippen LogP contribution in [-0.2, 0) is 9.53 Å². The van der Waals surface area contributed by atoms with Crippen molar-refractivity contribution in [2.75, 3.05) is 19.8 Å². The van der Waals surface area contributed by atoms with E-state index in [0.717, 1.165) is 0 Å². The highest BCUT2D eigenvalue weighted by molar-refractivity contribution is 6.22. The van der Waals surface area contributed by atoms with Gasteiger partial charge in [0.1, 0.15) is 5.60 Å². The summed E-state index contributed by atoms with van der Waals surface area (Å²) in [5, 5.41) is -0.191. The van der Waals surface area contributed by atoms with Gasteiger partial charge >= 0.3 is 5.97 Å². The van der Waals surface area contributed by atoms with Gasteiger partial charge in [-0.25, -0.2) is 0 Å². The summed E-state index contributed by atoms with van der Waals surface area (Å²) in [6, 6.07) is 0. The van der Waals surface area contributed by atoms with Gasteiger partial charge in [-0.2, -0.15) is 0 Å². The second-order valence-electron chi connectivity index (χ2n) is 4.87. The molecule has 15 heavy (non-hydrogen) atoms. The summed E-state index contributed by atoms with van der Waals surface area (Å²) in [6.07, 6.45) is 0. The number of halogens is 1. The van der Waals surface area contributed by atoms with Gasteiger partial charge in [0.05, 0.1) is 11.3 Å². The van der Waals surface area contributed by atoms with Crippen LogP contribution in [0, 0.1) is 5.92 Å². The number of nitrogens with two attached hydrogens (primary N) is 1. The first-order chi connectivity index (χ1) is 6.83. The molecule has 0 aromatic heterocycles. The number of hydrogen-bond donors (Lipinski definition) is 1. The predicted molar refractivity (Wildman–Crippen MR) is 59.6 cm³/mol. The first-order valence-electron chi connectivity index (χ1n) is 5.13. The summed E-state index contributed by atoms with van der Waals surface area (Å²) in [7, 11) is 0. The second kappa shape index (κ2) is 4.68. The highest BCUT2D eigenvalue weighted by Crippen LogP contribution is 2.24. The Morgan fingerprint density at radius 1 is 1.53 bits per heavy atom. The quantitative estimate of drug-likeness (QED) is 0.567. The van der Waals surface area contributed by atoms with Gasteiger partial charge in [-0.3, -0.25) is 9.69 Å². The zero-order valence-electron chi connectivity index (χ0n) is 9.50. The molecule has 2 atom stereocenters. The maximum absolute atomic E-state index is 11.8. The predicted octanol–water partition coefficient (Wildman–Crippen LogP) is 0.784. The zero-order valence-corrected chi connectivity index (χ0v) is 10.3. The topological polar surface area (TPSA) is 55.6 Å². The summed E-state index contributed by atoms with van der Waals surface area (Å²) in [5.41, 5.74) is 5.05. The molecule has 0 aromatic rings. The maximum Gasteiger partial charge on any atom is 0.312 e. The summed E-state index contributed by atoms with van der Waals surface area (Å²) < 4.78 is 5.29. The van der Waals surface area contributed by atoms with Crippen molar-refractivity contribution in [3.63, 3.8) is 0 Å². The number of likely N-dealkylation sites (tertiary alicyclic amines) is 1. The molecule has 0 amide bonds. The van der Waals surface area contributed by atoms with E-state index in [-0.39, 0.29) is 17.3 Å². The molecule has 1 aliphatic heterocycles. The Morgan fingerprint density at radius 2 is 2.13 bits per heavy atom. The standard InChI is InChI=1S/C10H19ClN2O2/c1-10(2,3)15-9(14)7-4-13(6-12)5-8(7)11/h7-8H,4-6,12H2,1-3H3. The largest absolute Gasteiger partial charge is 0.460 e. The van der Waals surface area contributed by atoms with Crippen LogP contribution in [0.5, 0.6) is 0 Å². The minimum absolute atomic E-state index is 0.191. The maximum atomic E-state index is 11.8.